The Morgan fingerprint density at radius 3 is 2.39 bits per heavy atom. The van der Waals surface area contributed by atoms with Crippen LogP contribution in [0.2, 0.25) is 6.04 Å². The van der Waals surface area contributed by atoms with Gasteiger partial charge in [0.15, 0.2) is 0 Å². The molecule has 1 heterocycles. The normalized spacial score (nSPS) is 21.2. The van der Waals surface area contributed by atoms with Crippen molar-refractivity contribution in [3.8, 4) is 5.75 Å². The maximum atomic E-state index is 6.60. The highest BCUT2D eigenvalue weighted by Crippen LogP contribution is 2.26. The molecule has 2 aromatic carbocycles. The van der Waals surface area contributed by atoms with Gasteiger partial charge in [0.05, 0.1) is 0 Å². The molecule has 119 valence electrons. The third kappa shape index (κ3) is 3.03. The second kappa shape index (κ2) is 6.63. The summed E-state index contributed by atoms with van der Waals surface area (Å²) in [6, 6.07) is 14.3. The second-order valence-electron chi connectivity index (χ2n) is 6.54. The Labute approximate surface area is 143 Å². The van der Waals surface area contributed by atoms with Crippen molar-refractivity contribution in [3.63, 3.8) is 0 Å². The van der Waals surface area contributed by atoms with Crippen LogP contribution in [0.1, 0.15) is 29.5 Å². The van der Waals surface area contributed by atoms with Crippen molar-refractivity contribution in [1.82, 2.24) is 0 Å². The van der Waals surface area contributed by atoms with E-state index < -0.39 is 8.32 Å². The van der Waals surface area contributed by atoms with Gasteiger partial charge in [-0.05, 0) is 55.2 Å². The Balaban J connectivity index is 2.22. The highest BCUT2D eigenvalue weighted by molar-refractivity contribution is 6.98. The van der Waals surface area contributed by atoms with Crippen molar-refractivity contribution >= 4 is 29.2 Å². The average Bonchev–Trinajstić information content (AvgIpc) is 2.55. The SMILES string of the molecule is Cc1cc(C)cc([Si]2(c3cccc(O[Si])c3C)CCCCO2)c1. The van der Waals surface area contributed by atoms with E-state index in [2.05, 4.69) is 61.6 Å². The van der Waals surface area contributed by atoms with Crippen LogP contribution in [0.25, 0.3) is 0 Å². The molecular formula is C19H23O2Si2. The number of hydrogen-bond donors (Lipinski definition) is 0. The van der Waals surface area contributed by atoms with Gasteiger partial charge in [-0.25, -0.2) is 0 Å². The molecule has 23 heavy (non-hydrogen) atoms. The van der Waals surface area contributed by atoms with Gasteiger partial charge in [0, 0.05) is 6.61 Å². The van der Waals surface area contributed by atoms with Crippen LogP contribution >= 0.6 is 0 Å². The van der Waals surface area contributed by atoms with Crippen LogP contribution in [0.5, 0.6) is 5.75 Å². The molecule has 0 aromatic heterocycles. The molecule has 2 aromatic rings. The highest BCUT2D eigenvalue weighted by atomic mass is 28.4. The number of rotatable bonds is 3. The Kier molecular flexibility index (Phi) is 4.75. The van der Waals surface area contributed by atoms with Crippen molar-refractivity contribution in [2.75, 3.05) is 6.61 Å². The van der Waals surface area contributed by atoms with Crippen LogP contribution in [0.3, 0.4) is 0 Å². The summed E-state index contributed by atoms with van der Waals surface area (Å²) in [5, 5.41) is 2.74. The van der Waals surface area contributed by atoms with Crippen molar-refractivity contribution in [2.45, 2.75) is 39.7 Å². The largest absolute Gasteiger partial charge is 0.540 e. The lowest BCUT2D eigenvalue weighted by Gasteiger charge is -2.37. The molecule has 3 radical (unpaired) electrons. The van der Waals surface area contributed by atoms with Crippen LogP contribution in [-0.4, -0.2) is 25.4 Å². The second-order valence-corrected chi connectivity index (χ2v) is 10.3. The van der Waals surface area contributed by atoms with Gasteiger partial charge in [-0.1, -0.05) is 47.9 Å². The van der Waals surface area contributed by atoms with E-state index in [1.165, 1.54) is 33.5 Å². The molecule has 1 atom stereocenters. The zero-order chi connectivity index (χ0) is 16.4. The third-order valence-corrected chi connectivity index (χ3v) is 9.40. The van der Waals surface area contributed by atoms with Gasteiger partial charge in [-0.2, -0.15) is 0 Å². The Bertz CT molecular complexity index is 686. The van der Waals surface area contributed by atoms with Crippen LogP contribution in [0.15, 0.2) is 36.4 Å². The molecule has 3 rings (SSSR count). The average molecular weight is 340 g/mol. The molecule has 0 saturated carbocycles. The van der Waals surface area contributed by atoms with Crippen molar-refractivity contribution in [1.29, 1.82) is 0 Å². The minimum absolute atomic E-state index is 0.859. The summed E-state index contributed by atoms with van der Waals surface area (Å²) < 4.78 is 12.0. The summed E-state index contributed by atoms with van der Waals surface area (Å²) in [7, 11) is 0.998. The van der Waals surface area contributed by atoms with E-state index >= 15 is 0 Å². The molecule has 0 amide bonds. The first-order valence-corrected chi connectivity index (χ1v) is 10.8. The molecule has 0 aliphatic carbocycles. The van der Waals surface area contributed by atoms with Gasteiger partial charge in [-0.15, -0.1) is 0 Å². The Hall–Kier alpha value is -1.37. The van der Waals surface area contributed by atoms with Crippen molar-refractivity contribution in [3.05, 3.63) is 53.1 Å². The first-order valence-electron chi connectivity index (χ1n) is 8.23. The van der Waals surface area contributed by atoms with E-state index in [1.807, 2.05) is 6.07 Å². The lowest BCUT2D eigenvalue weighted by Crippen LogP contribution is -2.63. The molecule has 0 N–H and O–H groups in total. The van der Waals surface area contributed by atoms with Crippen LogP contribution in [0, 0.1) is 20.8 Å². The van der Waals surface area contributed by atoms with Crippen LogP contribution in [0.4, 0.5) is 0 Å². The molecule has 1 unspecified atom stereocenters. The van der Waals surface area contributed by atoms with Gasteiger partial charge in [-0.3, -0.25) is 0 Å². The molecule has 0 bridgehead atoms. The first kappa shape index (κ1) is 16.5. The predicted molar refractivity (Wildman–Crippen MR) is 98.5 cm³/mol. The van der Waals surface area contributed by atoms with Gasteiger partial charge in [0.25, 0.3) is 8.32 Å². The lowest BCUT2D eigenvalue weighted by molar-refractivity contribution is 0.283. The van der Waals surface area contributed by atoms with Gasteiger partial charge >= 0.3 is 10.5 Å². The van der Waals surface area contributed by atoms with E-state index in [9.17, 15) is 0 Å². The molecular weight excluding hydrogens is 316 g/mol. The van der Waals surface area contributed by atoms with E-state index in [0.717, 1.165) is 24.8 Å². The Morgan fingerprint density at radius 1 is 1.04 bits per heavy atom. The summed E-state index contributed by atoms with van der Waals surface area (Å²) >= 11 is 0. The van der Waals surface area contributed by atoms with E-state index in [4.69, 9.17) is 8.85 Å². The van der Waals surface area contributed by atoms with Gasteiger partial charge in [0.2, 0.25) is 0 Å². The zero-order valence-corrected chi connectivity index (χ0v) is 16.1. The quantitative estimate of drug-likeness (QED) is 0.801. The summed E-state index contributed by atoms with van der Waals surface area (Å²) in [6.45, 7) is 7.34. The summed E-state index contributed by atoms with van der Waals surface area (Å²) in [4.78, 5) is 0. The number of hydrogen-bond acceptors (Lipinski definition) is 2. The minimum Gasteiger partial charge on any atom is -0.540 e. The van der Waals surface area contributed by atoms with Crippen LogP contribution < -0.4 is 14.8 Å². The topological polar surface area (TPSA) is 18.5 Å². The van der Waals surface area contributed by atoms with E-state index in [-0.39, 0.29) is 0 Å². The third-order valence-electron chi connectivity index (χ3n) is 4.79. The monoisotopic (exact) mass is 339 g/mol. The number of benzene rings is 2. The summed E-state index contributed by atoms with van der Waals surface area (Å²) in [6.07, 6.45) is 2.39. The molecule has 0 spiro atoms. The van der Waals surface area contributed by atoms with E-state index in [0.29, 0.717) is 0 Å². The fourth-order valence-electron chi connectivity index (χ4n) is 3.76. The maximum Gasteiger partial charge on any atom is 0.341 e. The number of aryl methyl sites for hydroxylation is 2. The van der Waals surface area contributed by atoms with E-state index in [1.54, 1.807) is 0 Å². The highest BCUT2D eigenvalue weighted by Gasteiger charge is 2.42. The fourth-order valence-corrected chi connectivity index (χ4v) is 8.57. The smallest absolute Gasteiger partial charge is 0.341 e. The van der Waals surface area contributed by atoms with Crippen LogP contribution in [-0.2, 0) is 4.43 Å². The summed E-state index contributed by atoms with van der Waals surface area (Å²) in [5.74, 6) is 0.879. The van der Waals surface area contributed by atoms with Gasteiger partial charge < -0.3 is 8.85 Å². The predicted octanol–water partition coefficient (Wildman–Crippen LogP) is 2.94. The molecule has 1 saturated heterocycles. The summed E-state index contributed by atoms with van der Waals surface area (Å²) in [5.41, 5.74) is 3.81. The lowest BCUT2D eigenvalue weighted by atomic mass is 10.2. The zero-order valence-electron chi connectivity index (χ0n) is 14.1. The van der Waals surface area contributed by atoms with Gasteiger partial charge in [0.1, 0.15) is 5.75 Å². The minimum atomic E-state index is -2.19. The molecule has 1 aliphatic rings. The standard InChI is InChI=1S/C19H23O2Si2/c1-14-11-15(2)13-17(12-14)23(10-5-4-9-20-23)19-8-6-7-18(21-22)16(19)3/h6-8,11-13H,4-5,9-10H2,1-3H3. The van der Waals surface area contributed by atoms with Crippen molar-refractivity contribution < 1.29 is 8.85 Å². The first-order chi connectivity index (χ1) is 11.1. The van der Waals surface area contributed by atoms with Crippen molar-refractivity contribution in [2.24, 2.45) is 0 Å². The fraction of sp³-hybridized carbons (Fsp3) is 0.368. The molecule has 1 aliphatic heterocycles. The maximum absolute atomic E-state index is 6.60. The molecule has 1 fully saturated rings. The molecule has 4 heteroatoms. The Morgan fingerprint density at radius 2 is 1.78 bits per heavy atom. The molecule has 2 nitrogen and oxygen atoms in total.